The summed E-state index contributed by atoms with van der Waals surface area (Å²) >= 11 is 0. The van der Waals surface area contributed by atoms with Crippen molar-refractivity contribution in [1.82, 2.24) is 29.9 Å². The Hall–Kier alpha value is -2.38. The third-order valence-corrected chi connectivity index (χ3v) is 4.54. The summed E-state index contributed by atoms with van der Waals surface area (Å²) in [6.45, 7) is 3.83. The number of aryl methyl sites for hydroxylation is 1. The van der Waals surface area contributed by atoms with Gasteiger partial charge >= 0.3 is 6.03 Å². The van der Waals surface area contributed by atoms with Crippen molar-refractivity contribution in [2.24, 2.45) is 7.05 Å². The molecule has 0 radical (unpaired) electrons. The van der Waals surface area contributed by atoms with Crippen LogP contribution in [0.15, 0.2) is 12.5 Å². The highest BCUT2D eigenvalue weighted by Crippen LogP contribution is 2.31. The lowest BCUT2D eigenvalue weighted by Gasteiger charge is -2.18. The SMILES string of the molecule is Cc1c(NC(=O)N[C@@H](C)c2nncn2C2CCCC2)cnn1C. The minimum absolute atomic E-state index is 0.213. The number of carbonyl (C=O) groups excluding carboxylic acids is 1. The number of hydrogen-bond donors (Lipinski definition) is 2. The standard InChI is InChI=1S/C15H23N7O/c1-10(14-20-16-9-22(14)12-6-4-5-7-12)18-15(23)19-13-8-17-21(3)11(13)2/h8-10,12H,4-7H2,1-3H3,(H2,18,19,23)/t10-/m0/s1. The smallest absolute Gasteiger partial charge is 0.319 e. The molecule has 0 saturated heterocycles. The monoisotopic (exact) mass is 317 g/mol. The fourth-order valence-corrected chi connectivity index (χ4v) is 3.07. The van der Waals surface area contributed by atoms with Gasteiger partial charge in [0.25, 0.3) is 0 Å². The molecule has 1 fully saturated rings. The fraction of sp³-hybridized carbons (Fsp3) is 0.600. The molecule has 2 N–H and O–H groups in total. The number of hydrogen-bond acceptors (Lipinski definition) is 4. The van der Waals surface area contributed by atoms with Gasteiger partial charge in [-0.2, -0.15) is 5.10 Å². The molecule has 1 aliphatic rings. The van der Waals surface area contributed by atoms with Crippen LogP contribution in [0.4, 0.5) is 10.5 Å². The maximum Gasteiger partial charge on any atom is 0.319 e. The van der Waals surface area contributed by atoms with Crippen LogP contribution >= 0.6 is 0 Å². The van der Waals surface area contributed by atoms with Crippen molar-refractivity contribution < 1.29 is 4.79 Å². The van der Waals surface area contributed by atoms with E-state index in [1.165, 1.54) is 12.8 Å². The molecule has 8 nitrogen and oxygen atoms in total. The summed E-state index contributed by atoms with van der Waals surface area (Å²) in [4.78, 5) is 12.2. The second kappa shape index (κ2) is 6.39. The molecular formula is C15H23N7O. The zero-order valence-electron chi connectivity index (χ0n) is 13.8. The van der Waals surface area contributed by atoms with E-state index in [1.807, 2.05) is 20.9 Å². The van der Waals surface area contributed by atoms with Crippen LogP contribution in [0, 0.1) is 6.92 Å². The second-order valence-corrected chi connectivity index (χ2v) is 6.12. The van der Waals surface area contributed by atoms with Gasteiger partial charge in [0.05, 0.1) is 23.6 Å². The van der Waals surface area contributed by atoms with E-state index in [2.05, 4.69) is 30.5 Å². The molecule has 1 aliphatic carbocycles. The Kier molecular flexibility index (Phi) is 4.31. The fourth-order valence-electron chi connectivity index (χ4n) is 3.07. The lowest BCUT2D eigenvalue weighted by molar-refractivity contribution is 0.248. The first-order valence-corrected chi connectivity index (χ1v) is 8.01. The number of nitrogens with zero attached hydrogens (tertiary/aromatic N) is 5. The highest BCUT2D eigenvalue weighted by molar-refractivity contribution is 5.89. The molecule has 1 saturated carbocycles. The van der Waals surface area contributed by atoms with Gasteiger partial charge in [-0.05, 0) is 26.7 Å². The molecular weight excluding hydrogens is 294 g/mol. The van der Waals surface area contributed by atoms with Gasteiger partial charge in [0, 0.05) is 13.1 Å². The molecule has 0 bridgehead atoms. The molecule has 124 valence electrons. The molecule has 0 unspecified atom stereocenters. The predicted octanol–water partition coefficient (Wildman–Crippen LogP) is 2.32. The van der Waals surface area contributed by atoms with Gasteiger partial charge in [-0.15, -0.1) is 10.2 Å². The number of nitrogens with one attached hydrogen (secondary N) is 2. The van der Waals surface area contributed by atoms with Crippen molar-refractivity contribution in [3.8, 4) is 0 Å². The van der Waals surface area contributed by atoms with Crippen LogP contribution in [0.1, 0.15) is 56.2 Å². The lowest BCUT2D eigenvalue weighted by atomic mass is 10.2. The van der Waals surface area contributed by atoms with Crippen molar-refractivity contribution in [1.29, 1.82) is 0 Å². The van der Waals surface area contributed by atoms with E-state index >= 15 is 0 Å². The maximum absolute atomic E-state index is 12.2. The van der Waals surface area contributed by atoms with Gasteiger partial charge < -0.3 is 15.2 Å². The van der Waals surface area contributed by atoms with Gasteiger partial charge in [-0.1, -0.05) is 12.8 Å². The van der Waals surface area contributed by atoms with Crippen LogP contribution in [0.2, 0.25) is 0 Å². The first-order valence-electron chi connectivity index (χ1n) is 8.01. The lowest BCUT2D eigenvalue weighted by Crippen LogP contribution is -2.33. The summed E-state index contributed by atoms with van der Waals surface area (Å²) in [7, 11) is 1.84. The van der Waals surface area contributed by atoms with E-state index < -0.39 is 0 Å². The Bertz CT molecular complexity index is 684. The molecule has 3 rings (SSSR count). The largest absolute Gasteiger partial charge is 0.328 e. The quantitative estimate of drug-likeness (QED) is 0.905. The summed E-state index contributed by atoms with van der Waals surface area (Å²) in [6.07, 6.45) is 8.20. The van der Waals surface area contributed by atoms with Gasteiger partial charge in [0.15, 0.2) is 5.82 Å². The van der Waals surface area contributed by atoms with E-state index in [-0.39, 0.29) is 12.1 Å². The Morgan fingerprint density at radius 2 is 2.13 bits per heavy atom. The third kappa shape index (κ3) is 3.20. The molecule has 2 aromatic heterocycles. The minimum Gasteiger partial charge on any atom is -0.328 e. The van der Waals surface area contributed by atoms with Crippen LogP contribution in [-0.2, 0) is 7.05 Å². The normalized spacial score (nSPS) is 16.5. The predicted molar refractivity (Wildman–Crippen MR) is 86.0 cm³/mol. The highest BCUT2D eigenvalue weighted by atomic mass is 16.2. The van der Waals surface area contributed by atoms with E-state index in [0.717, 1.165) is 24.4 Å². The summed E-state index contributed by atoms with van der Waals surface area (Å²) in [5, 5.41) is 18.1. The molecule has 1 atom stereocenters. The van der Waals surface area contributed by atoms with Crippen LogP contribution in [0.3, 0.4) is 0 Å². The number of aromatic nitrogens is 5. The van der Waals surface area contributed by atoms with E-state index in [0.29, 0.717) is 11.7 Å². The number of carbonyl (C=O) groups is 1. The number of urea groups is 1. The molecule has 0 spiro atoms. The molecule has 2 aromatic rings. The van der Waals surface area contributed by atoms with Crippen LogP contribution in [0.25, 0.3) is 0 Å². The Morgan fingerprint density at radius 1 is 1.39 bits per heavy atom. The van der Waals surface area contributed by atoms with Crippen molar-refractivity contribution in [2.75, 3.05) is 5.32 Å². The molecule has 23 heavy (non-hydrogen) atoms. The van der Waals surface area contributed by atoms with Gasteiger partial charge in [0.1, 0.15) is 6.33 Å². The Balaban J connectivity index is 1.65. The van der Waals surface area contributed by atoms with Crippen LogP contribution < -0.4 is 10.6 Å². The van der Waals surface area contributed by atoms with Crippen molar-refractivity contribution in [3.63, 3.8) is 0 Å². The van der Waals surface area contributed by atoms with Gasteiger partial charge in [0.2, 0.25) is 0 Å². The van der Waals surface area contributed by atoms with E-state index in [4.69, 9.17) is 0 Å². The van der Waals surface area contributed by atoms with E-state index in [9.17, 15) is 4.79 Å². The highest BCUT2D eigenvalue weighted by Gasteiger charge is 2.23. The summed E-state index contributed by atoms with van der Waals surface area (Å²) in [5.74, 6) is 0.801. The molecule has 0 aromatic carbocycles. The molecule has 8 heteroatoms. The number of amides is 2. The Morgan fingerprint density at radius 3 is 2.78 bits per heavy atom. The van der Waals surface area contributed by atoms with Crippen LogP contribution in [0.5, 0.6) is 0 Å². The molecule has 0 aliphatic heterocycles. The number of anilines is 1. The van der Waals surface area contributed by atoms with E-state index in [1.54, 1.807) is 17.2 Å². The summed E-state index contributed by atoms with van der Waals surface area (Å²) < 4.78 is 3.82. The summed E-state index contributed by atoms with van der Waals surface area (Å²) in [6, 6.07) is -0.0301. The van der Waals surface area contributed by atoms with Crippen molar-refractivity contribution in [3.05, 3.63) is 24.0 Å². The first kappa shape index (κ1) is 15.5. The van der Waals surface area contributed by atoms with Gasteiger partial charge in [-0.3, -0.25) is 4.68 Å². The van der Waals surface area contributed by atoms with Crippen molar-refractivity contribution >= 4 is 11.7 Å². The summed E-state index contributed by atoms with van der Waals surface area (Å²) in [5.41, 5.74) is 1.61. The average molecular weight is 317 g/mol. The molecule has 2 heterocycles. The Labute approximate surface area is 135 Å². The van der Waals surface area contributed by atoms with Crippen molar-refractivity contribution in [2.45, 2.75) is 51.6 Å². The van der Waals surface area contributed by atoms with Gasteiger partial charge in [-0.25, -0.2) is 4.79 Å². The average Bonchev–Trinajstić information content (AvgIpc) is 3.23. The first-order chi connectivity index (χ1) is 11.1. The minimum atomic E-state index is -0.269. The van der Waals surface area contributed by atoms with Crippen LogP contribution in [-0.4, -0.2) is 30.6 Å². The molecule has 2 amide bonds. The maximum atomic E-state index is 12.2. The second-order valence-electron chi connectivity index (χ2n) is 6.12. The topological polar surface area (TPSA) is 89.7 Å². The number of rotatable bonds is 4. The zero-order valence-corrected chi connectivity index (χ0v) is 13.8. The third-order valence-electron chi connectivity index (χ3n) is 4.54. The zero-order chi connectivity index (χ0) is 16.4.